The van der Waals surface area contributed by atoms with Gasteiger partial charge >= 0.3 is 0 Å². The number of rotatable bonds is 5. The minimum atomic E-state index is -0.513. The monoisotopic (exact) mass is 162 g/mol. The predicted octanol–water partition coefficient (Wildman–Crippen LogP) is -0.591. The van der Waals surface area contributed by atoms with Crippen LogP contribution < -0.4 is 0 Å². The fourth-order valence-electron chi connectivity index (χ4n) is 0.798. The lowest BCUT2D eigenvalue weighted by atomic mass is 10.3. The zero-order valence-electron chi connectivity index (χ0n) is 6.66. The van der Waals surface area contributed by atoms with E-state index in [0.29, 0.717) is 26.4 Å². The quantitative estimate of drug-likeness (QED) is 0.587. The smallest absolute Gasteiger partial charge is 0.104 e. The largest absolute Gasteiger partial charge is 0.388 e. The van der Waals surface area contributed by atoms with Crippen LogP contribution in [0.5, 0.6) is 0 Å². The first-order valence-electron chi connectivity index (χ1n) is 3.69. The molecule has 1 aliphatic heterocycles. The van der Waals surface area contributed by atoms with E-state index in [0.717, 1.165) is 0 Å². The van der Waals surface area contributed by atoms with E-state index in [1.54, 1.807) is 7.11 Å². The molecule has 1 rings (SSSR count). The third-order valence-corrected chi connectivity index (χ3v) is 1.49. The van der Waals surface area contributed by atoms with E-state index in [1.165, 1.54) is 0 Å². The van der Waals surface area contributed by atoms with E-state index in [1.807, 2.05) is 0 Å². The second kappa shape index (κ2) is 4.66. The van der Waals surface area contributed by atoms with Crippen LogP contribution in [-0.4, -0.2) is 50.9 Å². The van der Waals surface area contributed by atoms with E-state index >= 15 is 0 Å². The Morgan fingerprint density at radius 1 is 1.55 bits per heavy atom. The van der Waals surface area contributed by atoms with Gasteiger partial charge in [0.15, 0.2) is 0 Å². The average molecular weight is 162 g/mol. The number of aliphatic hydroxyl groups excluding tert-OH is 1. The van der Waals surface area contributed by atoms with Gasteiger partial charge in [-0.25, -0.2) is 0 Å². The van der Waals surface area contributed by atoms with Gasteiger partial charge in [0.25, 0.3) is 0 Å². The lowest BCUT2D eigenvalue weighted by Gasteiger charge is -2.26. The molecule has 0 aromatic heterocycles. The molecule has 1 unspecified atom stereocenters. The molecule has 4 nitrogen and oxygen atoms in total. The second-order valence-corrected chi connectivity index (χ2v) is 2.60. The van der Waals surface area contributed by atoms with Crippen molar-refractivity contribution in [2.45, 2.75) is 12.2 Å². The Bertz CT molecular complexity index is 103. The highest BCUT2D eigenvalue weighted by Crippen LogP contribution is 2.05. The molecular formula is C7H14O4. The third-order valence-electron chi connectivity index (χ3n) is 1.49. The summed E-state index contributed by atoms with van der Waals surface area (Å²) in [4.78, 5) is 0. The Labute approximate surface area is 66.1 Å². The number of aliphatic hydroxyl groups is 1. The van der Waals surface area contributed by atoms with E-state index < -0.39 is 6.10 Å². The maximum Gasteiger partial charge on any atom is 0.104 e. The lowest BCUT2D eigenvalue weighted by Crippen LogP contribution is -2.38. The molecule has 0 amide bonds. The van der Waals surface area contributed by atoms with Gasteiger partial charge in [0, 0.05) is 7.11 Å². The van der Waals surface area contributed by atoms with Gasteiger partial charge in [0.05, 0.1) is 26.4 Å². The molecule has 0 saturated carbocycles. The van der Waals surface area contributed by atoms with E-state index in [4.69, 9.17) is 19.3 Å². The van der Waals surface area contributed by atoms with Crippen molar-refractivity contribution in [2.24, 2.45) is 0 Å². The number of hydrogen-bond donors (Lipinski definition) is 1. The summed E-state index contributed by atoms with van der Waals surface area (Å²) in [5, 5.41) is 9.13. The first-order valence-corrected chi connectivity index (χ1v) is 3.69. The minimum absolute atomic E-state index is 0.182. The number of methoxy groups -OCH3 is 1. The van der Waals surface area contributed by atoms with Crippen LogP contribution in [0, 0.1) is 0 Å². The first kappa shape index (κ1) is 8.93. The Morgan fingerprint density at radius 2 is 2.27 bits per heavy atom. The van der Waals surface area contributed by atoms with E-state index in [9.17, 15) is 0 Å². The van der Waals surface area contributed by atoms with Crippen LogP contribution >= 0.6 is 0 Å². The summed E-state index contributed by atoms with van der Waals surface area (Å²) < 4.78 is 14.9. The zero-order valence-corrected chi connectivity index (χ0v) is 6.66. The highest BCUT2D eigenvalue weighted by Gasteiger charge is 2.19. The molecule has 4 heteroatoms. The standard InChI is InChI=1S/C7H14O4/c1-9-2-6(8)3-11-7-4-10-5-7/h6-8H,2-5H2,1H3. The fourth-order valence-corrected chi connectivity index (χ4v) is 0.798. The Balaban J connectivity index is 1.92. The van der Waals surface area contributed by atoms with Gasteiger partial charge in [-0.15, -0.1) is 0 Å². The first-order chi connectivity index (χ1) is 5.33. The number of hydrogen-bond acceptors (Lipinski definition) is 4. The number of ether oxygens (including phenoxy) is 3. The molecule has 1 heterocycles. The van der Waals surface area contributed by atoms with Crippen molar-refractivity contribution in [1.29, 1.82) is 0 Å². The maximum absolute atomic E-state index is 9.13. The summed E-state index contributed by atoms with van der Waals surface area (Å²) in [7, 11) is 1.55. The molecule has 0 bridgehead atoms. The summed E-state index contributed by atoms with van der Waals surface area (Å²) in [6.45, 7) is 1.97. The van der Waals surface area contributed by atoms with Crippen molar-refractivity contribution in [3.63, 3.8) is 0 Å². The molecule has 0 aromatic rings. The van der Waals surface area contributed by atoms with Crippen LogP contribution in [0.4, 0.5) is 0 Å². The van der Waals surface area contributed by atoms with Gasteiger partial charge in [0.2, 0.25) is 0 Å². The van der Waals surface area contributed by atoms with Crippen molar-refractivity contribution in [2.75, 3.05) is 33.5 Å². The molecule has 1 fully saturated rings. The van der Waals surface area contributed by atoms with Crippen LogP contribution in [0.2, 0.25) is 0 Å². The van der Waals surface area contributed by atoms with Gasteiger partial charge in [0.1, 0.15) is 12.2 Å². The van der Waals surface area contributed by atoms with Crippen molar-refractivity contribution in [3.8, 4) is 0 Å². The van der Waals surface area contributed by atoms with E-state index in [-0.39, 0.29) is 6.10 Å². The zero-order chi connectivity index (χ0) is 8.10. The highest BCUT2D eigenvalue weighted by atomic mass is 16.6. The van der Waals surface area contributed by atoms with Gasteiger partial charge in [-0.1, -0.05) is 0 Å². The van der Waals surface area contributed by atoms with Crippen LogP contribution in [0.3, 0.4) is 0 Å². The summed E-state index contributed by atoms with van der Waals surface area (Å²) in [6, 6.07) is 0. The molecule has 0 aliphatic carbocycles. The van der Waals surface area contributed by atoms with Gasteiger partial charge in [-0.2, -0.15) is 0 Å². The lowest BCUT2D eigenvalue weighted by molar-refractivity contribution is -0.147. The second-order valence-electron chi connectivity index (χ2n) is 2.60. The van der Waals surface area contributed by atoms with Gasteiger partial charge in [-0.3, -0.25) is 0 Å². The average Bonchev–Trinajstić information content (AvgIpc) is 1.85. The molecule has 1 aliphatic rings. The maximum atomic E-state index is 9.13. The van der Waals surface area contributed by atoms with Crippen molar-refractivity contribution in [1.82, 2.24) is 0 Å². The Kier molecular flexibility index (Phi) is 3.79. The van der Waals surface area contributed by atoms with Crippen LogP contribution in [-0.2, 0) is 14.2 Å². The van der Waals surface area contributed by atoms with Gasteiger partial charge < -0.3 is 19.3 Å². The highest BCUT2D eigenvalue weighted by molar-refractivity contribution is 4.65. The molecule has 0 spiro atoms. The minimum Gasteiger partial charge on any atom is -0.388 e. The normalized spacial score (nSPS) is 21.3. The molecule has 66 valence electrons. The topological polar surface area (TPSA) is 47.9 Å². The predicted molar refractivity (Wildman–Crippen MR) is 38.4 cm³/mol. The molecule has 1 atom stereocenters. The Morgan fingerprint density at radius 3 is 2.73 bits per heavy atom. The molecule has 0 aromatic carbocycles. The molecule has 11 heavy (non-hydrogen) atoms. The molecular weight excluding hydrogens is 148 g/mol. The third kappa shape index (κ3) is 3.16. The summed E-state index contributed by atoms with van der Waals surface area (Å²) in [5.41, 5.74) is 0. The fraction of sp³-hybridized carbons (Fsp3) is 1.00. The van der Waals surface area contributed by atoms with Crippen LogP contribution in [0.1, 0.15) is 0 Å². The van der Waals surface area contributed by atoms with Gasteiger partial charge in [-0.05, 0) is 0 Å². The Hall–Kier alpha value is -0.160. The van der Waals surface area contributed by atoms with Crippen molar-refractivity contribution in [3.05, 3.63) is 0 Å². The van der Waals surface area contributed by atoms with Crippen LogP contribution in [0.25, 0.3) is 0 Å². The molecule has 0 radical (unpaired) electrons. The van der Waals surface area contributed by atoms with E-state index in [2.05, 4.69) is 0 Å². The summed E-state index contributed by atoms with van der Waals surface area (Å²) in [5.74, 6) is 0. The molecule has 1 N–H and O–H groups in total. The summed E-state index contributed by atoms with van der Waals surface area (Å²) >= 11 is 0. The van der Waals surface area contributed by atoms with Crippen molar-refractivity contribution >= 4 is 0 Å². The van der Waals surface area contributed by atoms with Crippen LogP contribution in [0.15, 0.2) is 0 Å². The van der Waals surface area contributed by atoms with Crippen molar-refractivity contribution < 1.29 is 19.3 Å². The summed E-state index contributed by atoms with van der Waals surface area (Å²) in [6.07, 6.45) is -0.331. The SMILES string of the molecule is COCC(O)COC1COC1. The molecule has 1 saturated heterocycles.